The van der Waals surface area contributed by atoms with Crippen LogP contribution in [0.4, 0.5) is 0 Å². The molecule has 1 fully saturated rings. The maximum absolute atomic E-state index is 12.8. The van der Waals surface area contributed by atoms with Gasteiger partial charge in [0.15, 0.2) is 0 Å². The van der Waals surface area contributed by atoms with E-state index in [0.29, 0.717) is 22.0 Å². The molecule has 172 valence electrons. The number of hydrogen-bond acceptors (Lipinski definition) is 8. The third-order valence-corrected chi connectivity index (χ3v) is 8.54. The van der Waals surface area contributed by atoms with Gasteiger partial charge in [-0.25, -0.2) is 9.78 Å². The van der Waals surface area contributed by atoms with Crippen molar-refractivity contribution in [3.63, 3.8) is 0 Å². The summed E-state index contributed by atoms with van der Waals surface area (Å²) in [5, 5.41) is 12.5. The molecule has 8 nitrogen and oxygen atoms in total. The molecule has 0 spiro atoms. The molecular formula is C20H16Cl2N4O4S3. The van der Waals surface area contributed by atoms with Crippen molar-refractivity contribution in [1.82, 2.24) is 20.2 Å². The van der Waals surface area contributed by atoms with E-state index in [0.717, 1.165) is 4.90 Å². The number of β-lactam (4-membered cyclic amide) rings is 1. The van der Waals surface area contributed by atoms with E-state index >= 15 is 0 Å². The summed E-state index contributed by atoms with van der Waals surface area (Å²) in [4.78, 5) is 47.9. The Morgan fingerprint density at radius 2 is 1.88 bits per heavy atom. The lowest BCUT2D eigenvalue weighted by atomic mass is 10.0. The molecule has 0 bridgehead atoms. The third-order valence-electron chi connectivity index (χ3n) is 4.74. The van der Waals surface area contributed by atoms with Crippen LogP contribution in [0.5, 0.6) is 0 Å². The molecule has 4 heterocycles. The van der Waals surface area contributed by atoms with Crippen LogP contribution in [0.25, 0.3) is 0 Å². The van der Waals surface area contributed by atoms with Crippen LogP contribution in [-0.4, -0.2) is 66.4 Å². The van der Waals surface area contributed by atoms with E-state index in [1.54, 1.807) is 24.5 Å². The van der Waals surface area contributed by atoms with E-state index in [-0.39, 0.29) is 27.7 Å². The lowest BCUT2D eigenvalue weighted by Gasteiger charge is -2.49. The maximum atomic E-state index is 12.8. The number of halogens is 2. The number of aromatic nitrogens is 2. The fraction of sp³-hybridized carbons (Fsp3) is 0.250. The Hall–Kier alpha value is -1.92. The second kappa shape index (κ2) is 10.6. The minimum atomic E-state index is -1.15. The van der Waals surface area contributed by atoms with Gasteiger partial charge in [0.25, 0.3) is 5.91 Å². The molecule has 2 aromatic rings. The van der Waals surface area contributed by atoms with Gasteiger partial charge in [-0.2, -0.15) is 0 Å². The Bertz CT molecular complexity index is 1120. The van der Waals surface area contributed by atoms with Crippen molar-refractivity contribution in [1.29, 1.82) is 0 Å². The molecule has 4 rings (SSSR count). The number of fused-ring (bicyclic) bond motifs is 1. The molecule has 1 saturated heterocycles. The molecule has 2 amide bonds. The predicted molar refractivity (Wildman–Crippen MR) is 130 cm³/mol. The summed E-state index contributed by atoms with van der Waals surface area (Å²) in [5.41, 5.74) is 0.678. The van der Waals surface area contributed by atoms with Crippen LogP contribution < -0.4 is 5.32 Å². The van der Waals surface area contributed by atoms with E-state index in [1.165, 1.54) is 40.2 Å². The highest BCUT2D eigenvalue weighted by Gasteiger charge is 2.54. The van der Waals surface area contributed by atoms with Crippen molar-refractivity contribution in [3.05, 3.63) is 58.2 Å². The molecule has 0 saturated carbocycles. The van der Waals surface area contributed by atoms with Crippen LogP contribution >= 0.6 is 58.5 Å². The van der Waals surface area contributed by atoms with E-state index in [2.05, 4.69) is 15.3 Å². The van der Waals surface area contributed by atoms with Crippen molar-refractivity contribution in [2.24, 2.45) is 0 Å². The first-order chi connectivity index (χ1) is 15.8. The standard InChI is InChI=1S/C20H16Cl2N4O4S3/c21-13-5-12(6-14(22)24-13)32-9-15(27)25-16-18(28)26-17(20(29)30)10(8-33-19(16)26)7-31-11-1-3-23-4-2-11/h1-6,16,19H,7-9H2,(H,25,27)(H,29,30)/t16-,19-/m1/s1. The Balaban J connectivity index is 1.38. The molecule has 13 heteroatoms. The zero-order valence-corrected chi connectivity index (χ0v) is 20.7. The zero-order valence-electron chi connectivity index (χ0n) is 16.7. The lowest BCUT2D eigenvalue weighted by molar-refractivity contribution is -0.150. The Morgan fingerprint density at radius 1 is 1.18 bits per heavy atom. The van der Waals surface area contributed by atoms with Gasteiger partial charge in [0.05, 0.1) is 5.75 Å². The molecule has 2 N–H and O–H groups in total. The molecule has 2 aliphatic rings. The number of nitrogens with one attached hydrogen (secondary N) is 1. The fourth-order valence-corrected chi connectivity index (χ4v) is 7.02. The van der Waals surface area contributed by atoms with Gasteiger partial charge in [-0.05, 0) is 29.8 Å². The second-order valence-corrected chi connectivity index (χ2v) is 10.9. The van der Waals surface area contributed by atoms with Crippen LogP contribution in [-0.2, 0) is 14.4 Å². The molecule has 0 unspecified atom stereocenters. The third kappa shape index (κ3) is 5.60. The predicted octanol–water partition coefficient (Wildman–Crippen LogP) is 3.41. The van der Waals surface area contributed by atoms with Crippen LogP contribution in [0.3, 0.4) is 0 Å². The summed E-state index contributed by atoms with van der Waals surface area (Å²) >= 11 is 15.9. The van der Waals surface area contributed by atoms with Gasteiger partial charge in [-0.3, -0.25) is 19.5 Å². The SMILES string of the molecule is O=C(CSc1cc(Cl)nc(Cl)c1)N[C@@H]1C(=O)N2C(C(=O)O)=C(CSc3ccncc3)CS[C@H]12. The lowest BCUT2D eigenvalue weighted by Crippen LogP contribution is -2.70. The molecule has 2 aliphatic heterocycles. The molecule has 0 radical (unpaired) electrons. The van der Waals surface area contributed by atoms with Gasteiger partial charge in [-0.1, -0.05) is 23.2 Å². The summed E-state index contributed by atoms with van der Waals surface area (Å²) in [6, 6.07) is 6.10. The molecule has 2 atom stereocenters. The first-order valence-electron chi connectivity index (χ1n) is 9.51. The summed E-state index contributed by atoms with van der Waals surface area (Å²) in [7, 11) is 0. The van der Waals surface area contributed by atoms with E-state index in [9.17, 15) is 19.5 Å². The van der Waals surface area contributed by atoms with E-state index < -0.39 is 23.3 Å². The molecule has 33 heavy (non-hydrogen) atoms. The van der Waals surface area contributed by atoms with Crippen LogP contribution in [0, 0.1) is 0 Å². The highest BCUT2D eigenvalue weighted by Crippen LogP contribution is 2.41. The molecule has 2 aromatic heterocycles. The zero-order chi connectivity index (χ0) is 23.5. The second-order valence-electron chi connectivity index (χ2n) is 6.92. The number of aliphatic carboxylic acids is 1. The van der Waals surface area contributed by atoms with E-state index in [4.69, 9.17) is 23.2 Å². The first kappa shape index (κ1) is 24.2. The topological polar surface area (TPSA) is 112 Å². The normalized spacial score (nSPS) is 19.7. The average molecular weight is 543 g/mol. The Kier molecular flexibility index (Phi) is 7.75. The molecular weight excluding hydrogens is 527 g/mol. The van der Waals surface area contributed by atoms with Crippen molar-refractivity contribution < 1.29 is 19.5 Å². The number of thioether (sulfide) groups is 3. The quantitative estimate of drug-likeness (QED) is 0.294. The van der Waals surface area contributed by atoms with Gasteiger partial charge >= 0.3 is 5.97 Å². The smallest absolute Gasteiger partial charge is 0.352 e. The molecule has 0 aromatic carbocycles. The Morgan fingerprint density at radius 3 is 2.55 bits per heavy atom. The number of amides is 2. The number of carbonyl (C=O) groups excluding carboxylic acids is 2. The number of pyridine rings is 2. The minimum Gasteiger partial charge on any atom is -0.477 e. The number of rotatable bonds is 8. The number of carbonyl (C=O) groups is 3. The van der Waals surface area contributed by atoms with Gasteiger partial charge in [0.1, 0.15) is 27.4 Å². The van der Waals surface area contributed by atoms with Gasteiger partial charge < -0.3 is 10.4 Å². The maximum Gasteiger partial charge on any atom is 0.352 e. The van der Waals surface area contributed by atoms with Crippen molar-refractivity contribution in [2.45, 2.75) is 21.2 Å². The van der Waals surface area contributed by atoms with Gasteiger partial charge in [0, 0.05) is 33.7 Å². The highest BCUT2D eigenvalue weighted by atomic mass is 35.5. The number of nitrogens with zero attached hydrogens (tertiary/aromatic N) is 3. The molecule has 0 aliphatic carbocycles. The summed E-state index contributed by atoms with van der Waals surface area (Å²) in [6.07, 6.45) is 3.34. The fourth-order valence-electron chi connectivity index (χ4n) is 3.29. The van der Waals surface area contributed by atoms with Crippen molar-refractivity contribution >= 4 is 76.3 Å². The Labute approximate surface area is 211 Å². The monoisotopic (exact) mass is 542 g/mol. The van der Waals surface area contributed by atoms with Crippen LogP contribution in [0.1, 0.15) is 0 Å². The summed E-state index contributed by atoms with van der Waals surface area (Å²) in [5.74, 6) is -0.964. The first-order valence-corrected chi connectivity index (χ1v) is 13.3. The van der Waals surface area contributed by atoms with Crippen LogP contribution in [0.2, 0.25) is 10.3 Å². The van der Waals surface area contributed by atoms with E-state index in [1.807, 2.05) is 12.1 Å². The number of hydrogen-bond donors (Lipinski definition) is 2. The number of carboxylic acids is 1. The number of carboxylic acid groups (broad SMARTS) is 1. The summed E-state index contributed by atoms with van der Waals surface area (Å²) in [6.45, 7) is 0. The van der Waals surface area contributed by atoms with Crippen molar-refractivity contribution in [3.8, 4) is 0 Å². The van der Waals surface area contributed by atoms with Gasteiger partial charge in [-0.15, -0.1) is 35.3 Å². The van der Waals surface area contributed by atoms with Crippen LogP contribution in [0.15, 0.2) is 57.7 Å². The highest BCUT2D eigenvalue weighted by molar-refractivity contribution is 8.01. The summed E-state index contributed by atoms with van der Waals surface area (Å²) < 4.78 is 0. The van der Waals surface area contributed by atoms with Crippen molar-refractivity contribution in [2.75, 3.05) is 17.3 Å². The average Bonchev–Trinajstić information content (AvgIpc) is 2.79. The van der Waals surface area contributed by atoms with Gasteiger partial charge in [0.2, 0.25) is 5.91 Å². The minimum absolute atomic E-state index is 0.00579. The largest absolute Gasteiger partial charge is 0.477 e.